The van der Waals surface area contributed by atoms with Crippen molar-refractivity contribution < 1.29 is 36.6 Å². The number of amides is 2. The van der Waals surface area contributed by atoms with Gasteiger partial charge in [0.15, 0.2) is 0 Å². The Morgan fingerprint density at radius 3 is 2.43 bits per heavy atom. The van der Waals surface area contributed by atoms with Crippen molar-refractivity contribution in [2.45, 2.75) is 44.3 Å². The molecule has 0 spiro atoms. The van der Waals surface area contributed by atoms with E-state index in [0.717, 1.165) is 4.90 Å². The molecular weight excluding hydrogens is 384 g/mol. The number of likely N-dealkylation sites (tertiary alicyclic amines) is 2. The van der Waals surface area contributed by atoms with Gasteiger partial charge in [0.25, 0.3) is 5.92 Å². The maximum absolute atomic E-state index is 14.1. The molecule has 0 saturated carbocycles. The molecule has 1 aromatic carbocycles. The normalized spacial score (nSPS) is 22.3. The molecule has 2 aliphatic heterocycles. The van der Waals surface area contributed by atoms with E-state index >= 15 is 0 Å². The number of ether oxygens (including phenoxy) is 2. The molecule has 28 heavy (non-hydrogen) atoms. The Labute approximate surface area is 159 Å². The highest BCUT2D eigenvalue weighted by Crippen LogP contribution is 2.32. The lowest BCUT2D eigenvalue weighted by Crippen LogP contribution is -2.57. The summed E-state index contributed by atoms with van der Waals surface area (Å²) < 4.78 is 63.3. The number of alkyl halides is 4. The van der Waals surface area contributed by atoms with Crippen LogP contribution in [0.25, 0.3) is 0 Å². The SMILES string of the molecule is CC(F)(F)Oc1ccc(OC(=O)N2C[C@H](N3CCCC3=O)CC(F)(F)C2)cc1. The minimum absolute atomic E-state index is 0.000502. The molecule has 0 aromatic heterocycles. The van der Waals surface area contributed by atoms with Gasteiger partial charge in [-0.25, -0.2) is 13.6 Å². The van der Waals surface area contributed by atoms with E-state index in [1.807, 2.05) is 0 Å². The van der Waals surface area contributed by atoms with Crippen molar-refractivity contribution in [2.24, 2.45) is 0 Å². The average Bonchev–Trinajstić information content (AvgIpc) is 3.00. The number of hydrogen-bond acceptors (Lipinski definition) is 4. The molecule has 2 amide bonds. The highest BCUT2D eigenvalue weighted by molar-refractivity contribution is 5.78. The van der Waals surface area contributed by atoms with E-state index < -0.39 is 37.1 Å². The first-order valence-corrected chi connectivity index (χ1v) is 8.83. The van der Waals surface area contributed by atoms with Gasteiger partial charge in [0.05, 0.1) is 12.6 Å². The van der Waals surface area contributed by atoms with Crippen LogP contribution in [0.1, 0.15) is 26.2 Å². The van der Waals surface area contributed by atoms with Gasteiger partial charge in [0.2, 0.25) is 5.91 Å². The Kier molecular flexibility index (Phi) is 5.40. The van der Waals surface area contributed by atoms with Gasteiger partial charge in [-0.15, -0.1) is 0 Å². The minimum Gasteiger partial charge on any atom is -0.433 e. The highest BCUT2D eigenvalue weighted by atomic mass is 19.3. The number of carbonyl (C=O) groups is 2. The molecule has 0 N–H and O–H groups in total. The van der Waals surface area contributed by atoms with E-state index in [-0.39, 0.29) is 24.0 Å². The Balaban J connectivity index is 1.65. The Bertz CT molecular complexity index is 736. The van der Waals surface area contributed by atoms with Crippen LogP contribution >= 0.6 is 0 Å². The Hall–Kier alpha value is -2.52. The summed E-state index contributed by atoms with van der Waals surface area (Å²) in [6.07, 6.45) is -3.93. The monoisotopic (exact) mass is 404 g/mol. The molecule has 0 unspecified atom stereocenters. The molecule has 2 saturated heterocycles. The van der Waals surface area contributed by atoms with Crippen LogP contribution in [0, 0.1) is 0 Å². The lowest BCUT2D eigenvalue weighted by atomic mass is 10.0. The second kappa shape index (κ2) is 7.48. The topological polar surface area (TPSA) is 59.1 Å². The number of benzene rings is 1. The van der Waals surface area contributed by atoms with Crippen LogP contribution in [0.4, 0.5) is 22.4 Å². The lowest BCUT2D eigenvalue weighted by Gasteiger charge is -2.40. The number of hydrogen-bond donors (Lipinski definition) is 0. The molecule has 0 aliphatic carbocycles. The largest absolute Gasteiger partial charge is 0.433 e. The summed E-state index contributed by atoms with van der Waals surface area (Å²) in [6.45, 7) is 0.113. The Morgan fingerprint density at radius 2 is 1.86 bits per heavy atom. The zero-order valence-electron chi connectivity index (χ0n) is 15.2. The second-order valence-corrected chi connectivity index (χ2v) is 7.03. The molecule has 3 rings (SSSR count). The van der Waals surface area contributed by atoms with Crippen LogP contribution in [0.5, 0.6) is 11.5 Å². The van der Waals surface area contributed by atoms with E-state index in [1.165, 1.54) is 29.2 Å². The van der Waals surface area contributed by atoms with Gasteiger partial charge in [-0.1, -0.05) is 0 Å². The number of piperidine rings is 1. The third kappa shape index (κ3) is 5.05. The van der Waals surface area contributed by atoms with Crippen LogP contribution < -0.4 is 9.47 Å². The fourth-order valence-corrected chi connectivity index (χ4v) is 3.42. The van der Waals surface area contributed by atoms with Gasteiger partial charge in [0, 0.05) is 32.9 Å². The molecular formula is C18H20F4N2O4. The van der Waals surface area contributed by atoms with E-state index in [2.05, 4.69) is 4.74 Å². The van der Waals surface area contributed by atoms with Crippen molar-refractivity contribution in [1.82, 2.24) is 9.80 Å². The quantitative estimate of drug-likeness (QED) is 0.721. The summed E-state index contributed by atoms with van der Waals surface area (Å²) >= 11 is 0. The predicted octanol–water partition coefficient (Wildman–Crippen LogP) is 3.51. The fraction of sp³-hybridized carbons (Fsp3) is 0.556. The first-order chi connectivity index (χ1) is 13.0. The van der Waals surface area contributed by atoms with Gasteiger partial charge >= 0.3 is 12.2 Å². The molecule has 2 heterocycles. The van der Waals surface area contributed by atoms with Crippen molar-refractivity contribution in [3.63, 3.8) is 0 Å². The summed E-state index contributed by atoms with van der Waals surface area (Å²) in [6, 6.07) is 4.03. The number of nitrogens with zero attached hydrogens (tertiary/aromatic N) is 2. The summed E-state index contributed by atoms with van der Waals surface area (Å²) in [5.41, 5.74) is 0. The molecule has 1 atom stereocenters. The van der Waals surface area contributed by atoms with Crippen molar-refractivity contribution in [3.05, 3.63) is 24.3 Å². The summed E-state index contributed by atoms with van der Waals surface area (Å²) in [5, 5.41) is 0. The first-order valence-electron chi connectivity index (χ1n) is 8.83. The van der Waals surface area contributed by atoms with E-state index in [9.17, 15) is 27.2 Å². The van der Waals surface area contributed by atoms with Gasteiger partial charge in [0.1, 0.15) is 11.5 Å². The smallest absolute Gasteiger partial charge is 0.415 e. The third-order valence-corrected chi connectivity index (χ3v) is 4.52. The molecule has 2 fully saturated rings. The second-order valence-electron chi connectivity index (χ2n) is 7.03. The van der Waals surface area contributed by atoms with E-state index in [1.54, 1.807) is 0 Å². The maximum Gasteiger partial charge on any atom is 0.415 e. The molecule has 10 heteroatoms. The molecule has 2 aliphatic rings. The molecule has 0 radical (unpaired) electrons. The molecule has 6 nitrogen and oxygen atoms in total. The van der Waals surface area contributed by atoms with E-state index in [4.69, 9.17) is 4.74 Å². The zero-order chi connectivity index (χ0) is 20.5. The first kappa shape index (κ1) is 20.2. The van der Waals surface area contributed by atoms with Crippen molar-refractivity contribution in [3.8, 4) is 11.5 Å². The Morgan fingerprint density at radius 1 is 1.21 bits per heavy atom. The summed E-state index contributed by atoms with van der Waals surface area (Å²) in [5.74, 6) is -3.47. The number of halogens is 4. The van der Waals surface area contributed by atoms with Gasteiger partial charge in [-0.2, -0.15) is 8.78 Å². The van der Waals surface area contributed by atoms with E-state index in [0.29, 0.717) is 26.3 Å². The maximum atomic E-state index is 14.1. The molecule has 154 valence electrons. The van der Waals surface area contributed by atoms with Gasteiger partial charge in [-0.05, 0) is 30.7 Å². The lowest BCUT2D eigenvalue weighted by molar-refractivity contribution is -0.159. The van der Waals surface area contributed by atoms with Crippen LogP contribution in [0.3, 0.4) is 0 Å². The number of rotatable bonds is 4. The van der Waals surface area contributed by atoms with Crippen LogP contribution in [-0.2, 0) is 4.79 Å². The van der Waals surface area contributed by atoms with Gasteiger partial charge < -0.3 is 14.4 Å². The summed E-state index contributed by atoms with van der Waals surface area (Å²) in [4.78, 5) is 26.4. The molecule has 1 aromatic rings. The summed E-state index contributed by atoms with van der Waals surface area (Å²) in [7, 11) is 0. The minimum atomic E-state index is -3.36. The van der Waals surface area contributed by atoms with Crippen molar-refractivity contribution in [1.29, 1.82) is 0 Å². The van der Waals surface area contributed by atoms with Gasteiger partial charge in [-0.3, -0.25) is 9.69 Å². The van der Waals surface area contributed by atoms with Crippen LogP contribution in [0.2, 0.25) is 0 Å². The number of carbonyl (C=O) groups excluding carboxylic acids is 2. The van der Waals surface area contributed by atoms with Crippen LogP contribution in [-0.4, -0.2) is 59.5 Å². The third-order valence-electron chi connectivity index (χ3n) is 4.52. The highest BCUT2D eigenvalue weighted by Gasteiger charge is 2.46. The molecule has 0 bridgehead atoms. The predicted molar refractivity (Wildman–Crippen MR) is 89.6 cm³/mol. The zero-order valence-corrected chi connectivity index (χ0v) is 15.2. The standard InChI is InChI=1S/C18H20F4N2O4/c1-17(19,20)28-14-6-4-13(5-7-14)27-16(26)23-10-12(9-18(21,22)11-23)24-8-2-3-15(24)25/h4-7,12H,2-3,8-11H2,1H3/t12-/m1/s1. The fourth-order valence-electron chi connectivity index (χ4n) is 3.42. The van der Waals surface area contributed by atoms with Crippen LogP contribution in [0.15, 0.2) is 24.3 Å². The average molecular weight is 404 g/mol. The van der Waals surface area contributed by atoms with Crippen molar-refractivity contribution in [2.75, 3.05) is 19.6 Å². The van der Waals surface area contributed by atoms with Crippen molar-refractivity contribution >= 4 is 12.0 Å².